The van der Waals surface area contributed by atoms with Crippen LogP contribution in [0.3, 0.4) is 0 Å². The van der Waals surface area contributed by atoms with Crippen molar-refractivity contribution in [2.24, 2.45) is 0 Å². The van der Waals surface area contributed by atoms with Gasteiger partial charge in [0.05, 0.1) is 0 Å². The molecule has 2 fully saturated rings. The highest BCUT2D eigenvalue weighted by Gasteiger charge is 2.22. The van der Waals surface area contributed by atoms with E-state index in [-0.39, 0.29) is 0 Å². The van der Waals surface area contributed by atoms with Crippen molar-refractivity contribution < 1.29 is 14.6 Å². The molecule has 3 aromatic rings. The summed E-state index contributed by atoms with van der Waals surface area (Å²) in [6.45, 7) is 12.9. The Balaban J connectivity index is 1.11. The predicted octanol–water partition coefficient (Wildman–Crippen LogP) is 6.00. The molecule has 0 spiro atoms. The van der Waals surface area contributed by atoms with Gasteiger partial charge >= 0.3 is 6.09 Å². The van der Waals surface area contributed by atoms with Gasteiger partial charge in [-0.2, -0.15) is 0 Å². The van der Waals surface area contributed by atoms with Gasteiger partial charge in [-0.1, -0.05) is 73.1 Å². The molecule has 2 heterocycles. The van der Waals surface area contributed by atoms with Crippen molar-refractivity contribution in [3.05, 3.63) is 101 Å². The van der Waals surface area contributed by atoms with Crippen LogP contribution in [0.15, 0.2) is 78.9 Å². The van der Waals surface area contributed by atoms with E-state index in [2.05, 4.69) is 88.4 Å². The van der Waals surface area contributed by atoms with Crippen LogP contribution < -0.4 is 4.74 Å². The lowest BCUT2D eigenvalue weighted by atomic mass is 9.88. The van der Waals surface area contributed by atoms with Crippen molar-refractivity contribution in [2.75, 3.05) is 78.6 Å². The van der Waals surface area contributed by atoms with Crippen LogP contribution in [0, 0.1) is 0 Å². The summed E-state index contributed by atoms with van der Waals surface area (Å²) in [5.74, 6) is 0.888. The van der Waals surface area contributed by atoms with Crippen LogP contribution in [-0.4, -0.2) is 109 Å². The van der Waals surface area contributed by atoms with Gasteiger partial charge in [0.25, 0.3) is 0 Å². The number of benzene rings is 3. The number of piperazine rings is 2. The van der Waals surface area contributed by atoms with Crippen molar-refractivity contribution in [2.45, 2.75) is 13.3 Å². The Hall–Kier alpha value is -3.36. The normalized spacial score (nSPS) is 17.5. The average molecular weight is 603 g/mol. The molecule has 0 aliphatic carbocycles. The number of amides is 1. The van der Waals surface area contributed by atoms with Gasteiger partial charge in [0.15, 0.2) is 0 Å². The molecule has 0 radical (unpaired) electrons. The van der Waals surface area contributed by atoms with E-state index in [0.29, 0.717) is 19.7 Å². The van der Waals surface area contributed by atoms with E-state index in [4.69, 9.17) is 21.4 Å². The predicted molar refractivity (Wildman–Crippen MR) is 175 cm³/mol. The summed E-state index contributed by atoms with van der Waals surface area (Å²) in [6.07, 6.45) is 0.110. The molecule has 0 unspecified atom stereocenters. The minimum atomic E-state index is -0.804. The van der Waals surface area contributed by atoms with Gasteiger partial charge in [0.1, 0.15) is 12.4 Å². The van der Waals surface area contributed by atoms with Crippen LogP contribution in [0.2, 0.25) is 5.02 Å². The van der Waals surface area contributed by atoms with Gasteiger partial charge in [-0.15, -0.1) is 0 Å². The molecule has 7 nitrogen and oxygen atoms in total. The van der Waals surface area contributed by atoms with Crippen LogP contribution in [0.1, 0.15) is 30.0 Å². The molecule has 2 aliphatic heterocycles. The zero-order chi connectivity index (χ0) is 30.0. The first-order valence-electron chi connectivity index (χ1n) is 15.4. The van der Waals surface area contributed by atoms with Crippen LogP contribution >= 0.6 is 11.6 Å². The second-order valence-electron chi connectivity index (χ2n) is 11.2. The molecule has 0 saturated carbocycles. The molecule has 8 heteroatoms. The molecular weight excluding hydrogens is 560 g/mol. The lowest BCUT2D eigenvalue weighted by Gasteiger charge is -2.37. The van der Waals surface area contributed by atoms with Crippen molar-refractivity contribution >= 4 is 28.8 Å². The zero-order valence-electron chi connectivity index (χ0n) is 25.1. The zero-order valence-corrected chi connectivity index (χ0v) is 25.9. The first-order chi connectivity index (χ1) is 21.0. The Bertz CT molecular complexity index is 1330. The van der Waals surface area contributed by atoms with Gasteiger partial charge in [-0.05, 0) is 58.5 Å². The van der Waals surface area contributed by atoms with Gasteiger partial charge in [0, 0.05) is 77.0 Å². The molecule has 3 aromatic carbocycles. The van der Waals surface area contributed by atoms with E-state index in [1.165, 1.54) is 21.6 Å². The maximum absolute atomic E-state index is 11.1. The average Bonchev–Trinajstić information content (AvgIpc) is 3.05. The quantitative estimate of drug-likeness (QED) is 0.272. The standard InChI is InChI=1S/C35H43ClN4O3/c1-2-33(28-6-4-3-5-7-28)34(29-8-12-31(36)13-9-29)30-10-14-32(15-11-30)43-27-26-39-20-18-37(19-21-39)16-17-38-22-24-40(25-23-38)35(41)42/h3-15H,2,16-27H2,1H3,(H,41,42)/b34-33-. The Morgan fingerprint density at radius 1 is 0.698 bits per heavy atom. The van der Waals surface area contributed by atoms with Crippen molar-refractivity contribution in [1.82, 2.24) is 19.6 Å². The number of halogens is 1. The lowest BCUT2D eigenvalue weighted by molar-refractivity contribution is 0.0843. The molecule has 228 valence electrons. The molecule has 0 bridgehead atoms. The topological polar surface area (TPSA) is 59.5 Å². The van der Waals surface area contributed by atoms with Crippen LogP contribution in [-0.2, 0) is 0 Å². The summed E-state index contributed by atoms with van der Waals surface area (Å²) >= 11 is 6.22. The fourth-order valence-corrected chi connectivity index (χ4v) is 6.11. The number of ether oxygens (including phenoxy) is 1. The molecule has 1 N–H and O–H groups in total. The Labute approximate surface area is 260 Å². The summed E-state index contributed by atoms with van der Waals surface area (Å²) in [7, 11) is 0. The van der Waals surface area contributed by atoms with Crippen LogP contribution in [0.4, 0.5) is 4.79 Å². The van der Waals surface area contributed by atoms with Gasteiger partial charge in [0.2, 0.25) is 0 Å². The number of hydrogen-bond acceptors (Lipinski definition) is 5. The molecule has 2 aliphatic rings. The van der Waals surface area contributed by atoms with E-state index in [9.17, 15) is 4.79 Å². The van der Waals surface area contributed by atoms with Gasteiger partial charge in [-0.3, -0.25) is 14.7 Å². The summed E-state index contributed by atoms with van der Waals surface area (Å²) in [4.78, 5) is 20.0. The van der Waals surface area contributed by atoms with Gasteiger partial charge < -0.3 is 14.7 Å². The highest BCUT2D eigenvalue weighted by Crippen LogP contribution is 2.35. The van der Waals surface area contributed by atoms with Crippen LogP contribution in [0.25, 0.3) is 11.1 Å². The lowest BCUT2D eigenvalue weighted by Crippen LogP contribution is -2.52. The fourth-order valence-electron chi connectivity index (χ4n) is 5.99. The maximum atomic E-state index is 11.1. The minimum absolute atomic E-state index is 0.611. The van der Waals surface area contributed by atoms with Gasteiger partial charge in [-0.25, -0.2) is 4.79 Å². The van der Waals surface area contributed by atoms with E-state index < -0.39 is 6.09 Å². The minimum Gasteiger partial charge on any atom is -0.492 e. The third-order valence-corrected chi connectivity index (χ3v) is 8.82. The van der Waals surface area contributed by atoms with Crippen LogP contribution in [0.5, 0.6) is 5.75 Å². The van der Waals surface area contributed by atoms with E-state index >= 15 is 0 Å². The second-order valence-corrected chi connectivity index (χ2v) is 11.7. The largest absolute Gasteiger partial charge is 0.492 e. The number of allylic oxidation sites excluding steroid dienone is 1. The Kier molecular flexibility index (Phi) is 11.1. The fraction of sp³-hybridized carbons (Fsp3) is 0.400. The SMILES string of the molecule is CC/C(=C(\c1ccc(Cl)cc1)c1ccc(OCCN2CCN(CCN3CCN(C(=O)O)CC3)CC2)cc1)c1ccccc1. The smallest absolute Gasteiger partial charge is 0.407 e. The summed E-state index contributed by atoms with van der Waals surface area (Å²) in [5, 5.41) is 9.87. The Morgan fingerprint density at radius 2 is 1.21 bits per heavy atom. The summed E-state index contributed by atoms with van der Waals surface area (Å²) in [6, 6.07) is 27.2. The highest BCUT2D eigenvalue weighted by atomic mass is 35.5. The van der Waals surface area contributed by atoms with E-state index in [1.807, 2.05) is 12.1 Å². The third kappa shape index (κ3) is 8.61. The van der Waals surface area contributed by atoms with E-state index in [0.717, 1.165) is 87.2 Å². The third-order valence-electron chi connectivity index (χ3n) is 8.57. The second kappa shape index (κ2) is 15.4. The molecule has 0 atom stereocenters. The van der Waals surface area contributed by atoms with Crippen molar-refractivity contribution in [3.63, 3.8) is 0 Å². The summed E-state index contributed by atoms with van der Waals surface area (Å²) < 4.78 is 6.17. The monoisotopic (exact) mass is 602 g/mol. The Morgan fingerprint density at radius 3 is 1.74 bits per heavy atom. The maximum Gasteiger partial charge on any atom is 0.407 e. The molecule has 0 aromatic heterocycles. The molecular formula is C35H43ClN4O3. The number of hydrogen-bond donors (Lipinski definition) is 1. The molecule has 2 saturated heterocycles. The van der Waals surface area contributed by atoms with Crippen molar-refractivity contribution in [3.8, 4) is 5.75 Å². The molecule has 43 heavy (non-hydrogen) atoms. The number of nitrogens with zero attached hydrogens (tertiary/aromatic N) is 4. The number of carbonyl (C=O) groups is 1. The van der Waals surface area contributed by atoms with Crippen molar-refractivity contribution in [1.29, 1.82) is 0 Å². The first kappa shape index (κ1) is 31.1. The molecule has 5 rings (SSSR count). The van der Waals surface area contributed by atoms with E-state index in [1.54, 1.807) is 0 Å². The number of rotatable bonds is 11. The summed E-state index contributed by atoms with van der Waals surface area (Å²) in [5.41, 5.74) is 6.07. The molecule has 1 amide bonds. The highest BCUT2D eigenvalue weighted by molar-refractivity contribution is 6.30. The first-order valence-corrected chi connectivity index (χ1v) is 15.8. The number of carboxylic acid groups (broad SMARTS) is 1.